The molecule has 5 heteroatoms. The number of hydrogen-bond acceptors (Lipinski definition) is 3. The fourth-order valence-corrected chi connectivity index (χ4v) is 3.22. The van der Waals surface area contributed by atoms with E-state index in [4.69, 9.17) is 0 Å². The Morgan fingerprint density at radius 1 is 1.08 bits per heavy atom. The number of fused-ring (bicyclic) bond motifs is 1. The van der Waals surface area contributed by atoms with Gasteiger partial charge in [-0.05, 0) is 49.7 Å². The van der Waals surface area contributed by atoms with E-state index < -0.39 is 0 Å². The van der Waals surface area contributed by atoms with Gasteiger partial charge in [0.2, 0.25) is 5.91 Å². The molecule has 0 aromatic heterocycles. The van der Waals surface area contributed by atoms with Gasteiger partial charge >= 0.3 is 0 Å². The van der Waals surface area contributed by atoms with Gasteiger partial charge in [0.25, 0.3) is 5.91 Å². The van der Waals surface area contributed by atoms with Gasteiger partial charge in [-0.25, -0.2) is 0 Å². The highest BCUT2D eigenvalue weighted by Crippen LogP contribution is 2.28. The number of benzene rings is 2. The van der Waals surface area contributed by atoms with Crippen LogP contribution in [0.3, 0.4) is 0 Å². The summed E-state index contributed by atoms with van der Waals surface area (Å²) in [5.74, 6) is -0.227. The molecule has 2 N–H and O–H groups in total. The molecule has 1 atom stereocenters. The molecule has 0 saturated heterocycles. The molecular formula is C20H23N3O2. The van der Waals surface area contributed by atoms with Crippen LogP contribution in [0.25, 0.3) is 0 Å². The van der Waals surface area contributed by atoms with Crippen molar-refractivity contribution >= 4 is 23.2 Å². The molecule has 2 aromatic rings. The van der Waals surface area contributed by atoms with Gasteiger partial charge in [0, 0.05) is 30.0 Å². The highest BCUT2D eigenvalue weighted by molar-refractivity contribution is 6.00. The summed E-state index contributed by atoms with van der Waals surface area (Å²) in [5.41, 5.74) is 3.45. The van der Waals surface area contributed by atoms with E-state index in [9.17, 15) is 9.59 Å². The van der Waals surface area contributed by atoms with Gasteiger partial charge in [-0.15, -0.1) is 0 Å². The first kappa shape index (κ1) is 17.0. The summed E-state index contributed by atoms with van der Waals surface area (Å²) in [4.78, 5) is 26.5. The molecule has 0 radical (unpaired) electrons. The number of carbonyl (C=O) groups excluding carboxylic acids is 2. The molecule has 0 fully saturated rings. The summed E-state index contributed by atoms with van der Waals surface area (Å²) in [6, 6.07) is 15.0. The maximum atomic E-state index is 12.3. The zero-order chi connectivity index (χ0) is 17.8. The quantitative estimate of drug-likeness (QED) is 0.850. The molecular weight excluding hydrogens is 314 g/mol. The molecule has 2 amide bonds. The number of anilines is 2. The first-order valence-corrected chi connectivity index (χ1v) is 8.67. The molecule has 0 bridgehead atoms. The van der Waals surface area contributed by atoms with Crippen LogP contribution in [0.2, 0.25) is 0 Å². The molecule has 2 aromatic carbocycles. The van der Waals surface area contributed by atoms with E-state index in [0.717, 1.165) is 30.0 Å². The van der Waals surface area contributed by atoms with Crippen molar-refractivity contribution in [2.75, 3.05) is 23.3 Å². The van der Waals surface area contributed by atoms with Crippen molar-refractivity contribution in [3.63, 3.8) is 0 Å². The van der Waals surface area contributed by atoms with Crippen molar-refractivity contribution < 1.29 is 9.59 Å². The standard InChI is InChI=1S/C20H23N3O2/c1-3-23(4-2)15-11-9-14(10-12-15)21-19(24)13-18-16-7-5-6-8-17(16)20(25)22-18/h5-12,18H,3-4,13H2,1-2H3,(H,21,24)(H,22,25)/t18-/m0/s1. The van der Waals surface area contributed by atoms with Crippen molar-refractivity contribution in [3.05, 3.63) is 59.7 Å². The Bertz CT molecular complexity index is 767. The second-order valence-electron chi connectivity index (χ2n) is 6.08. The normalized spacial score (nSPS) is 15.4. The van der Waals surface area contributed by atoms with Gasteiger partial charge in [-0.2, -0.15) is 0 Å². The molecule has 0 aliphatic carbocycles. The molecule has 5 nitrogen and oxygen atoms in total. The monoisotopic (exact) mass is 337 g/mol. The zero-order valence-electron chi connectivity index (χ0n) is 14.6. The lowest BCUT2D eigenvalue weighted by atomic mass is 10.0. The third-order valence-electron chi connectivity index (χ3n) is 4.56. The second-order valence-corrected chi connectivity index (χ2v) is 6.08. The van der Waals surface area contributed by atoms with Crippen LogP contribution in [0.4, 0.5) is 11.4 Å². The largest absolute Gasteiger partial charge is 0.372 e. The minimum atomic E-state index is -0.265. The first-order chi connectivity index (χ1) is 12.1. The van der Waals surface area contributed by atoms with Crippen LogP contribution in [-0.2, 0) is 4.79 Å². The zero-order valence-corrected chi connectivity index (χ0v) is 14.6. The van der Waals surface area contributed by atoms with Crippen molar-refractivity contribution in [1.29, 1.82) is 0 Å². The lowest BCUT2D eigenvalue weighted by molar-refractivity contribution is -0.116. The first-order valence-electron chi connectivity index (χ1n) is 8.67. The molecule has 0 unspecified atom stereocenters. The molecule has 3 rings (SSSR count). The number of hydrogen-bond donors (Lipinski definition) is 2. The summed E-state index contributed by atoms with van der Waals surface area (Å²) in [5, 5.41) is 5.78. The number of rotatable bonds is 6. The van der Waals surface area contributed by atoms with Crippen molar-refractivity contribution in [2.24, 2.45) is 0 Å². The van der Waals surface area contributed by atoms with Gasteiger partial charge in [-0.1, -0.05) is 18.2 Å². The molecule has 1 aliphatic rings. The van der Waals surface area contributed by atoms with E-state index >= 15 is 0 Å². The second kappa shape index (κ2) is 7.38. The summed E-state index contributed by atoms with van der Waals surface area (Å²) in [7, 11) is 0. The van der Waals surface area contributed by atoms with Gasteiger partial charge in [0.05, 0.1) is 12.5 Å². The fourth-order valence-electron chi connectivity index (χ4n) is 3.22. The molecule has 1 heterocycles. The van der Waals surface area contributed by atoms with Gasteiger partial charge < -0.3 is 15.5 Å². The SMILES string of the molecule is CCN(CC)c1ccc(NC(=O)C[C@@H]2NC(=O)c3ccccc32)cc1. The van der Waals surface area contributed by atoms with Crippen LogP contribution >= 0.6 is 0 Å². The van der Waals surface area contributed by atoms with Crippen LogP contribution < -0.4 is 15.5 Å². The third kappa shape index (κ3) is 3.65. The summed E-state index contributed by atoms with van der Waals surface area (Å²) in [6.45, 7) is 6.13. The van der Waals surface area contributed by atoms with Crippen LogP contribution in [0.1, 0.15) is 42.2 Å². The fraction of sp³-hybridized carbons (Fsp3) is 0.300. The Morgan fingerprint density at radius 2 is 1.76 bits per heavy atom. The smallest absolute Gasteiger partial charge is 0.252 e. The molecule has 0 spiro atoms. The number of amides is 2. The highest BCUT2D eigenvalue weighted by atomic mass is 16.2. The number of carbonyl (C=O) groups is 2. The Balaban J connectivity index is 1.63. The number of nitrogens with zero attached hydrogens (tertiary/aromatic N) is 1. The van der Waals surface area contributed by atoms with Crippen molar-refractivity contribution in [2.45, 2.75) is 26.3 Å². The minimum absolute atomic E-state index is 0.113. The third-order valence-corrected chi connectivity index (χ3v) is 4.56. The van der Waals surface area contributed by atoms with Crippen LogP contribution in [0, 0.1) is 0 Å². The van der Waals surface area contributed by atoms with Gasteiger partial charge in [0.1, 0.15) is 0 Å². The van der Waals surface area contributed by atoms with E-state index in [2.05, 4.69) is 29.4 Å². The van der Waals surface area contributed by atoms with E-state index in [-0.39, 0.29) is 24.3 Å². The molecule has 0 saturated carbocycles. The van der Waals surface area contributed by atoms with E-state index in [1.807, 2.05) is 42.5 Å². The minimum Gasteiger partial charge on any atom is -0.372 e. The topological polar surface area (TPSA) is 61.4 Å². The average molecular weight is 337 g/mol. The molecule has 25 heavy (non-hydrogen) atoms. The summed E-state index contributed by atoms with van der Waals surface area (Å²) >= 11 is 0. The van der Waals surface area contributed by atoms with Crippen LogP contribution in [-0.4, -0.2) is 24.9 Å². The predicted octanol–water partition coefficient (Wildman–Crippen LogP) is 3.35. The predicted molar refractivity (Wildman–Crippen MR) is 99.9 cm³/mol. The Hall–Kier alpha value is -2.82. The maximum absolute atomic E-state index is 12.3. The lowest BCUT2D eigenvalue weighted by Crippen LogP contribution is -2.24. The average Bonchev–Trinajstić information content (AvgIpc) is 2.93. The van der Waals surface area contributed by atoms with Crippen molar-refractivity contribution in [3.8, 4) is 0 Å². The van der Waals surface area contributed by atoms with E-state index in [1.165, 1.54) is 0 Å². The number of nitrogens with one attached hydrogen (secondary N) is 2. The Morgan fingerprint density at radius 3 is 2.44 bits per heavy atom. The van der Waals surface area contributed by atoms with E-state index in [1.54, 1.807) is 6.07 Å². The van der Waals surface area contributed by atoms with Crippen LogP contribution in [0.5, 0.6) is 0 Å². The lowest BCUT2D eigenvalue weighted by Gasteiger charge is -2.21. The molecule has 130 valence electrons. The molecule has 1 aliphatic heterocycles. The van der Waals surface area contributed by atoms with Crippen LogP contribution in [0.15, 0.2) is 48.5 Å². The maximum Gasteiger partial charge on any atom is 0.252 e. The van der Waals surface area contributed by atoms with Gasteiger partial charge in [-0.3, -0.25) is 9.59 Å². The summed E-state index contributed by atoms with van der Waals surface area (Å²) in [6.07, 6.45) is 0.223. The Kier molecular flexibility index (Phi) is 5.03. The van der Waals surface area contributed by atoms with Gasteiger partial charge in [0.15, 0.2) is 0 Å². The Labute approximate surface area is 148 Å². The highest BCUT2D eigenvalue weighted by Gasteiger charge is 2.29. The van der Waals surface area contributed by atoms with E-state index in [0.29, 0.717) is 5.56 Å². The van der Waals surface area contributed by atoms with Crippen molar-refractivity contribution in [1.82, 2.24) is 5.32 Å². The summed E-state index contributed by atoms with van der Waals surface area (Å²) < 4.78 is 0.